The molecule has 0 saturated carbocycles. The Labute approximate surface area is 215 Å². The minimum Gasteiger partial charge on any atom is -1.00 e. The molecule has 4 rings (SSSR count). The second kappa shape index (κ2) is 13.3. The van der Waals surface area contributed by atoms with Crippen molar-refractivity contribution in [2.45, 2.75) is 19.8 Å². The Morgan fingerprint density at radius 2 is 0.941 bits per heavy atom. The van der Waals surface area contributed by atoms with E-state index in [2.05, 4.69) is 91.0 Å². The summed E-state index contributed by atoms with van der Waals surface area (Å²) in [4.78, 5) is 0. The van der Waals surface area contributed by atoms with Gasteiger partial charge in [0.1, 0.15) is 23.2 Å². The molecule has 0 N–H and O–H groups in total. The summed E-state index contributed by atoms with van der Waals surface area (Å²) < 4.78 is 11.8. The first-order chi connectivity index (χ1) is 16.3. The van der Waals surface area contributed by atoms with Gasteiger partial charge in [-0.05, 0) is 68.3 Å². The maximum Gasteiger partial charge on any atom is 0.161 e. The van der Waals surface area contributed by atoms with E-state index in [9.17, 15) is 0 Å². The molecule has 0 aliphatic rings. The SMILES string of the molecule is CCOc1ccccc1OCCCC[P+](c1ccccc1)(c1ccccc1)c1ccccc1.[Br-]. The van der Waals surface area contributed by atoms with Crippen molar-refractivity contribution in [3.8, 4) is 11.5 Å². The van der Waals surface area contributed by atoms with Gasteiger partial charge in [0.15, 0.2) is 11.5 Å². The van der Waals surface area contributed by atoms with Gasteiger partial charge < -0.3 is 26.5 Å². The number of hydrogen-bond acceptors (Lipinski definition) is 2. The molecule has 0 bridgehead atoms. The van der Waals surface area contributed by atoms with E-state index in [1.165, 1.54) is 15.9 Å². The fraction of sp³-hybridized carbons (Fsp3) is 0.200. The highest BCUT2D eigenvalue weighted by molar-refractivity contribution is 7.95. The zero-order valence-corrected chi connectivity index (χ0v) is 22.1. The predicted octanol–water partition coefficient (Wildman–Crippen LogP) is 3.24. The van der Waals surface area contributed by atoms with Gasteiger partial charge in [0.2, 0.25) is 0 Å². The van der Waals surface area contributed by atoms with Gasteiger partial charge in [-0.25, -0.2) is 0 Å². The molecule has 176 valence electrons. The zero-order chi connectivity index (χ0) is 22.8. The lowest BCUT2D eigenvalue weighted by molar-refractivity contribution is -0.00000736. The molecule has 0 aliphatic heterocycles. The van der Waals surface area contributed by atoms with Crippen LogP contribution >= 0.6 is 7.26 Å². The van der Waals surface area contributed by atoms with E-state index in [-0.39, 0.29) is 17.0 Å². The van der Waals surface area contributed by atoms with Crippen molar-refractivity contribution in [1.82, 2.24) is 0 Å². The molecule has 0 atom stereocenters. The Bertz CT molecular complexity index is 1010. The molecule has 0 amide bonds. The maximum atomic E-state index is 6.11. The summed E-state index contributed by atoms with van der Waals surface area (Å²) >= 11 is 0. The normalized spacial score (nSPS) is 10.9. The van der Waals surface area contributed by atoms with Gasteiger partial charge in [-0.1, -0.05) is 66.7 Å². The summed E-state index contributed by atoms with van der Waals surface area (Å²) in [5.41, 5.74) is 0. The third kappa shape index (κ3) is 6.09. The first-order valence-electron chi connectivity index (χ1n) is 11.7. The largest absolute Gasteiger partial charge is 1.00 e. The molecule has 0 aliphatic carbocycles. The number of unbranched alkanes of at least 4 members (excludes halogenated alkanes) is 1. The predicted molar refractivity (Wildman–Crippen MR) is 142 cm³/mol. The second-order valence-corrected chi connectivity index (χ2v) is 11.6. The van der Waals surface area contributed by atoms with Gasteiger partial charge >= 0.3 is 0 Å². The summed E-state index contributed by atoms with van der Waals surface area (Å²) in [5, 5.41) is 4.31. The van der Waals surface area contributed by atoms with Crippen LogP contribution in [0.25, 0.3) is 0 Å². The Morgan fingerprint density at radius 1 is 0.529 bits per heavy atom. The lowest BCUT2D eigenvalue weighted by Gasteiger charge is -2.27. The van der Waals surface area contributed by atoms with E-state index >= 15 is 0 Å². The lowest BCUT2D eigenvalue weighted by atomic mass is 10.3. The van der Waals surface area contributed by atoms with Crippen molar-refractivity contribution >= 4 is 23.2 Å². The van der Waals surface area contributed by atoms with Crippen molar-refractivity contribution in [2.75, 3.05) is 19.4 Å². The monoisotopic (exact) mass is 534 g/mol. The Morgan fingerprint density at radius 3 is 1.38 bits per heavy atom. The van der Waals surface area contributed by atoms with Crippen molar-refractivity contribution in [3.05, 3.63) is 115 Å². The number of para-hydroxylation sites is 2. The Balaban J connectivity index is 0.00000324. The topological polar surface area (TPSA) is 18.5 Å². The molecule has 4 aromatic rings. The van der Waals surface area contributed by atoms with E-state index in [0.29, 0.717) is 13.2 Å². The molecule has 0 unspecified atom stereocenters. The molecular formula is C30H32BrO2P. The second-order valence-electron chi connectivity index (χ2n) is 7.98. The fourth-order valence-corrected chi connectivity index (χ4v) is 8.77. The molecule has 0 fully saturated rings. The molecule has 0 saturated heterocycles. The third-order valence-electron chi connectivity index (χ3n) is 5.89. The van der Waals surface area contributed by atoms with Crippen LogP contribution < -0.4 is 42.4 Å². The number of rotatable bonds is 11. The van der Waals surface area contributed by atoms with Crippen molar-refractivity contribution in [1.29, 1.82) is 0 Å². The van der Waals surface area contributed by atoms with Crippen LogP contribution in [0.3, 0.4) is 0 Å². The van der Waals surface area contributed by atoms with E-state index in [0.717, 1.165) is 30.5 Å². The first-order valence-corrected chi connectivity index (χ1v) is 13.7. The average Bonchev–Trinajstić information content (AvgIpc) is 2.89. The molecule has 34 heavy (non-hydrogen) atoms. The number of hydrogen-bond donors (Lipinski definition) is 0. The highest BCUT2D eigenvalue weighted by atomic mass is 79.9. The third-order valence-corrected chi connectivity index (χ3v) is 10.4. The highest BCUT2D eigenvalue weighted by Gasteiger charge is 2.44. The standard InChI is InChI=1S/C30H32O2P.BrH/c1-2-31-29-22-12-13-23-30(29)32-24-14-15-25-33(26-16-6-3-7-17-26,27-18-8-4-9-19-27)28-20-10-5-11-21-28;/h3-13,16-23H,2,14-15,24-25H2,1H3;1H/q+1;/p-1. The quantitative estimate of drug-likeness (QED) is 0.217. The van der Waals surface area contributed by atoms with Crippen LogP contribution in [-0.2, 0) is 0 Å². The van der Waals surface area contributed by atoms with Crippen LogP contribution in [0.4, 0.5) is 0 Å². The molecule has 0 radical (unpaired) electrons. The van der Waals surface area contributed by atoms with Crippen LogP contribution in [-0.4, -0.2) is 19.4 Å². The lowest BCUT2D eigenvalue weighted by Crippen LogP contribution is -3.00. The van der Waals surface area contributed by atoms with Gasteiger partial charge in [0.05, 0.1) is 19.4 Å². The Kier molecular flexibility index (Phi) is 10.2. The molecule has 0 heterocycles. The van der Waals surface area contributed by atoms with Gasteiger partial charge in [-0.2, -0.15) is 0 Å². The number of halogens is 1. The first kappa shape index (κ1) is 26.0. The summed E-state index contributed by atoms with van der Waals surface area (Å²) in [5.74, 6) is 1.65. The van der Waals surface area contributed by atoms with Crippen LogP contribution in [0.15, 0.2) is 115 Å². The maximum absolute atomic E-state index is 6.11. The zero-order valence-electron chi connectivity index (χ0n) is 19.6. The molecule has 0 spiro atoms. The van der Waals surface area contributed by atoms with Crippen LogP contribution in [0.5, 0.6) is 11.5 Å². The minimum absolute atomic E-state index is 0. The van der Waals surface area contributed by atoms with E-state index in [4.69, 9.17) is 9.47 Å². The van der Waals surface area contributed by atoms with Gasteiger partial charge in [0.25, 0.3) is 0 Å². The van der Waals surface area contributed by atoms with Crippen molar-refractivity contribution < 1.29 is 26.5 Å². The summed E-state index contributed by atoms with van der Waals surface area (Å²) in [6.45, 7) is 3.32. The highest BCUT2D eigenvalue weighted by Crippen LogP contribution is 2.55. The molecular weight excluding hydrogens is 503 g/mol. The fourth-order valence-electron chi connectivity index (χ4n) is 4.36. The molecule has 2 nitrogen and oxygen atoms in total. The summed E-state index contributed by atoms with van der Waals surface area (Å²) in [6, 6.07) is 41.1. The smallest absolute Gasteiger partial charge is 0.161 e. The van der Waals surface area contributed by atoms with Crippen molar-refractivity contribution in [3.63, 3.8) is 0 Å². The number of ether oxygens (including phenoxy) is 2. The summed E-state index contributed by atoms with van der Waals surface area (Å²) in [6.07, 6.45) is 3.19. The van der Waals surface area contributed by atoms with E-state index in [1.807, 2.05) is 31.2 Å². The van der Waals surface area contributed by atoms with Crippen LogP contribution in [0, 0.1) is 0 Å². The van der Waals surface area contributed by atoms with Crippen molar-refractivity contribution in [2.24, 2.45) is 0 Å². The van der Waals surface area contributed by atoms with Gasteiger partial charge in [-0.15, -0.1) is 0 Å². The Hall–Kier alpha value is -2.61. The van der Waals surface area contributed by atoms with Gasteiger partial charge in [0, 0.05) is 0 Å². The minimum atomic E-state index is -1.77. The molecule has 4 aromatic carbocycles. The summed E-state index contributed by atoms with van der Waals surface area (Å²) in [7, 11) is -1.77. The van der Waals surface area contributed by atoms with Crippen LogP contribution in [0.1, 0.15) is 19.8 Å². The molecule has 0 aromatic heterocycles. The number of benzene rings is 4. The van der Waals surface area contributed by atoms with Gasteiger partial charge in [-0.3, -0.25) is 0 Å². The average molecular weight is 535 g/mol. The van der Waals surface area contributed by atoms with E-state index in [1.54, 1.807) is 0 Å². The van der Waals surface area contributed by atoms with Crippen LogP contribution in [0.2, 0.25) is 0 Å². The van der Waals surface area contributed by atoms with E-state index < -0.39 is 7.26 Å². The molecule has 4 heteroatoms.